The van der Waals surface area contributed by atoms with Crippen molar-refractivity contribution in [1.82, 2.24) is 0 Å². The van der Waals surface area contributed by atoms with Gasteiger partial charge >= 0.3 is 41.5 Å². The Morgan fingerprint density at radius 2 is 0.917 bits per heavy atom. The molecule has 0 aliphatic heterocycles. The first kappa shape index (κ1) is 50.1. The van der Waals surface area contributed by atoms with Crippen LogP contribution in [-0.4, -0.2) is 49.6 Å². The van der Waals surface area contributed by atoms with E-state index in [0.29, 0.717) is 6.42 Å². The number of aliphatic hydroxyl groups excluding tert-OH is 1. The maximum absolute atomic E-state index is 12.5. The van der Waals surface area contributed by atoms with Crippen molar-refractivity contribution >= 4 is 19.8 Å². The molecule has 48 heavy (non-hydrogen) atoms. The van der Waals surface area contributed by atoms with E-state index in [-0.39, 0.29) is 49.0 Å². The number of phosphoric acid groups is 1. The Balaban J connectivity index is 0. The molecule has 1 N–H and O–H groups in total. The van der Waals surface area contributed by atoms with E-state index in [9.17, 15) is 19.0 Å². The summed E-state index contributed by atoms with van der Waals surface area (Å²) in [4.78, 5) is 36.7. The van der Waals surface area contributed by atoms with E-state index in [1.54, 1.807) is 0 Å². The number of hydrogen-bond acceptors (Lipinski definition) is 9. The minimum atomic E-state index is -4.69. The van der Waals surface area contributed by atoms with Gasteiger partial charge in [0.15, 0.2) is 6.10 Å². The molecule has 0 saturated heterocycles. The second-order valence-corrected chi connectivity index (χ2v) is 14.5. The Bertz CT molecular complexity index is 756. The molecule has 9 nitrogen and oxygen atoms in total. The maximum atomic E-state index is 12.5. The van der Waals surface area contributed by atoms with Crippen molar-refractivity contribution in [3.05, 3.63) is 0 Å². The minimum Gasteiger partial charge on any atom is -0.756 e. The number of carbonyl (C=O) groups excluding carboxylic acids is 2. The van der Waals surface area contributed by atoms with E-state index >= 15 is 0 Å². The molecule has 280 valence electrons. The normalized spacial score (nSPS) is 13.1. The van der Waals surface area contributed by atoms with E-state index in [1.807, 2.05) is 0 Å². The van der Waals surface area contributed by atoms with Gasteiger partial charge in [-0.05, 0) is 12.8 Å². The maximum Gasteiger partial charge on any atom is 1.00 e. The molecule has 0 spiro atoms. The molecule has 0 radical (unpaired) electrons. The zero-order valence-corrected chi connectivity index (χ0v) is 34.3. The van der Waals surface area contributed by atoms with Crippen LogP contribution in [0, 0.1) is 0 Å². The summed E-state index contributed by atoms with van der Waals surface area (Å²) in [6, 6.07) is 0. The van der Waals surface area contributed by atoms with Crippen LogP contribution in [-0.2, 0) is 32.7 Å². The molecule has 0 aromatic carbocycles. The molecule has 0 heterocycles. The summed E-state index contributed by atoms with van der Waals surface area (Å²) >= 11 is 0. The molecular weight excluding hydrogens is 642 g/mol. The molecule has 0 fully saturated rings. The molecule has 0 aromatic rings. The van der Waals surface area contributed by atoms with Crippen molar-refractivity contribution in [2.24, 2.45) is 0 Å². The molecule has 0 amide bonds. The summed E-state index contributed by atoms with van der Waals surface area (Å²) in [6.45, 7) is 2.75. The van der Waals surface area contributed by atoms with Gasteiger partial charge in [-0.3, -0.25) is 14.2 Å². The molecule has 0 aliphatic carbocycles. The van der Waals surface area contributed by atoms with Gasteiger partial charge in [-0.1, -0.05) is 168 Å². The Labute approximate surface area is 316 Å². The van der Waals surface area contributed by atoms with Crippen molar-refractivity contribution in [1.29, 1.82) is 0 Å². The Hall–Kier alpha value is 0.0100. The fourth-order valence-electron chi connectivity index (χ4n) is 5.56. The van der Waals surface area contributed by atoms with Crippen molar-refractivity contribution < 1.29 is 72.2 Å². The minimum absolute atomic E-state index is 0. The molecule has 0 rings (SSSR count). The number of phosphoric ester groups is 1. The average Bonchev–Trinajstić information content (AvgIpc) is 3.05. The molecule has 2 unspecified atom stereocenters. The van der Waals surface area contributed by atoms with E-state index in [2.05, 4.69) is 18.4 Å². The number of esters is 2. The van der Waals surface area contributed by atoms with Crippen LogP contribution >= 0.6 is 7.82 Å². The zero-order valence-electron chi connectivity index (χ0n) is 31.4. The van der Waals surface area contributed by atoms with Crippen molar-refractivity contribution in [2.75, 3.05) is 26.4 Å². The quantitative estimate of drug-likeness (QED) is 0.0316. The molecule has 11 heteroatoms. The predicted octanol–water partition coefficient (Wildman–Crippen LogP) is 6.90. The van der Waals surface area contributed by atoms with E-state index in [4.69, 9.17) is 19.1 Å². The van der Waals surface area contributed by atoms with Crippen LogP contribution in [0.2, 0.25) is 0 Å². The molecule has 2 atom stereocenters. The van der Waals surface area contributed by atoms with Crippen LogP contribution in [0.5, 0.6) is 0 Å². The monoisotopic (exact) mass is 714 g/mol. The molecular formula is C37H72NaO9P. The summed E-state index contributed by atoms with van der Waals surface area (Å²) in [5, 5.41) is 8.81. The standard InChI is InChI=1S/C37H73O9P.Na/c1-3-5-7-9-11-13-15-17-19-21-23-25-27-29-36(39)43-33-35(34-45-47(41,42)44-32-31-38)46-37(40)30-28-26-24-22-20-18-16-14-12-10-8-6-4-2;/h35,38H,3-34H2,1-2H3,(H,41,42);/q;+1/p-1. The zero-order chi connectivity index (χ0) is 34.7. The molecule has 0 bridgehead atoms. The van der Waals surface area contributed by atoms with Gasteiger partial charge in [0.25, 0.3) is 7.82 Å². The largest absolute Gasteiger partial charge is 1.00 e. The van der Waals surface area contributed by atoms with Gasteiger partial charge in [0, 0.05) is 12.8 Å². The third kappa shape index (κ3) is 37.3. The van der Waals surface area contributed by atoms with E-state index in [0.717, 1.165) is 38.5 Å². The van der Waals surface area contributed by atoms with Crippen molar-refractivity contribution in [3.63, 3.8) is 0 Å². The Kier molecular flexibility index (Phi) is 39.9. The number of hydrogen-bond donors (Lipinski definition) is 1. The van der Waals surface area contributed by atoms with Gasteiger partial charge in [-0.25, -0.2) is 0 Å². The first-order valence-electron chi connectivity index (χ1n) is 19.4. The fraction of sp³-hybridized carbons (Fsp3) is 0.946. The number of rotatable bonds is 37. The Morgan fingerprint density at radius 3 is 1.29 bits per heavy atom. The van der Waals surface area contributed by atoms with Crippen LogP contribution < -0.4 is 34.5 Å². The van der Waals surface area contributed by atoms with Crippen LogP contribution in [0.25, 0.3) is 0 Å². The van der Waals surface area contributed by atoms with Gasteiger partial charge in [0.2, 0.25) is 0 Å². The third-order valence-corrected chi connectivity index (χ3v) is 9.42. The van der Waals surface area contributed by atoms with Gasteiger partial charge in [0.05, 0.1) is 19.8 Å². The third-order valence-electron chi connectivity index (χ3n) is 8.46. The van der Waals surface area contributed by atoms with Gasteiger partial charge in [0.1, 0.15) is 6.61 Å². The van der Waals surface area contributed by atoms with Crippen LogP contribution in [0.3, 0.4) is 0 Å². The molecule has 0 aromatic heterocycles. The summed E-state index contributed by atoms with van der Waals surface area (Å²) < 4.78 is 32.0. The van der Waals surface area contributed by atoms with E-state index in [1.165, 1.54) is 122 Å². The van der Waals surface area contributed by atoms with Gasteiger partial charge < -0.3 is 28.5 Å². The number of unbranched alkanes of at least 4 members (excludes halogenated alkanes) is 24. The first-order valence-corrected chi connectivity index (χ1v) is 20.9. The summed E-state index contributed by atoms with van der Waals surface area (Å²) in [5.74, 6) is -0.890. The summed E-state index contributed by atoms with van der Waals surface area (Å²) in [7, 11) is -4.69. The van der Waals surface area contributed by atoms with Gasteiger partial charge in [-0.2, -0.15) is 0 Å². The van der Waals surface area contributed by atoms with Crippen molar-refractivity contribution in [2.45, 2.75) is 200 Å². The van der Waals surface area contributed by atoms with Crippen molar-refractivity contribution in [3.8, 4) is 0 Å². The van der Waals surface area contributed by atoms with Crippen LogP contribution in [0.4, 0.5) is 0 Å². The topological polar surface area (TPSA) is 131 Å². The Morgan fingerprint density at radius 1 is 0.562 bits per heavy atom. The average molecular weight is 715 g/mol. The number of aliphatic hydroxyl groups is 1. The van der Waals surface area contributed by atoms with Crippen LogP contribution in [0.15, 0.2) is 0 Å². The van der Waals surface area contributed by atoms with Crippen LogP contribution in [0.1, 0.15) is 194 Å². The smallest absolute Gasteiger partial charge is 0.756 e. The number of carbonyl (C=O) groups is 2. The SMILES string of the molecule is CCCCCCCCCCCCCCCC(=O)OCC(COP(=O)([O-])OCCO)OC(=O)CCCCCCCCCCCCCCC.[Na+]. The molecule has 0 saturated carbocycles. The second kappa shape index (κ2) is 38.2. The number of ether oxygens (including phenoxy) is 2. The van der Waals surface area contributed by atoms with Gasteiger partial charge in [-0.15, -0.1) is 0 Å². The summed E-state index contributed by atoms with van der Waals surface area (Å²) in [5.41, 5.74) is 0. The molecule has 0 aliphatic rings. The fourth-order valence-corrected chi connectivity index (χ4v) is 6.29. The first-order chi connectivity index (χ1) is 22.8. The van der Waals surface area contributed by atoms with E-state index < -0.39 is 45.7 Å². The second-order valence-electron chi connectivity index (χ2n) is 13.1. The predicted molar refractivity (Wildman–Crippen MR) is 188 cm³/mol. The summed E-state index contributed by atoms with van der Waals surface area (Å²) in [6.07, 6.45) is 30.8.